The molecule has 10 atom stereocenters. The number of nitrogens with two attached hydrogens (primary N) is 2. The molecular weight excluding hydrogens is 779 g/mol. The first kappa shape index (κ1) is 52.3. The summed E-state index contributed by atoms with van der Waals surface area (Å²) in [5, 5.41) is 15.8. The maximum atomic E-state index is 13.6. The van der Waals surface area contributed by atoms with E-state index in [4.69, 9.17) is 20.8 Å². The van der Waals surface area contributed by atoms with E-state index in [0.29, 0.717) is 56.9 Å². The second-order valence-electron chi connectivity index (χ2n) is 19.5. The van der Waals surface area contributed by atoms with Crippen LogP contribution >= 0.6 is 0 Å². The van der Waals surface area contributed by atoms with Gasteiger partial charge in [0.15, 0.2) is 11.6 Å². The van der Waals surface area contributed by atoms with Gasteiger partial charge >= 0.3 is 7.12 Å². The van der Waals surface area contributed by atoms with E-state index in [0.717, 1.165) is 32.1 Å². The molecule has 3 amide bonds. The molecule has 0 aromatic heterocycles. The van der Waals surface area contributed by atoms with Crippen LogP contribution in [-0.4, -0.2) is 89.5 Å². The van der Waals surface area contributed by atoms with E-state index in [1.807, 2.05) is 6.92 Å². The van der Waals surface area contributed by atoms with Gasteiger partial charge in [-0.2, -0.15) is 0 Å². The normalized spacial score (nSPS) is 24.3. The molecule has 0 aromatic carbocycles. The van der Waals surface area contributed by atoms with Crippen molar-refractivity contribution in [3.63, 3.8) is 0 Å². The Kier molecular flexibility index (Phi) is 21.2. The fourth-order valence-electron chi connectivity index (χ4n) is 9.85. The van der Waals surface area contributed by atoms with Gasteiger partial charge in [-0.25, -0.2) is 0 Å². The van der Waals surface area contributed by atoms with Gasteiger partial charge in [0.05, 0.1) is 30.3 Å². The zero-order valence-electron chi connectivity index (χ0n) is 38.4. The first-order valence-corrected chi connectivity index (χ1v) is 23.4. The molecule has 4 fully saturated rings. The maximum Gasteiger partial charge on any atom is 0.461 e. The molecule has 346 valence electrons. The number of hydrogen-bond donors (Lipinski definition) is 5. The van der Waals surface area contributed by atoms with Crippen molar-refractivity contribution in [3.8, 4) is 0 Å². The second kappa shape index (κ2) is 24.7. The molecular formula is C46H79BN4O10. The highest BCUT2D eigenvalue weighted by molar-refractivity contribution is 6.47. The Balaban J connectivity index is 1.52. The highest BCUT2D eigenvalue weighted by Crippen LogP contribution is 2.66. The molecule has 2 bridgehead atoms. The molecule has 4 aliphatic rings. The van der Waals surface area contributed by atoms with E-state index in [-0.39, 0.29) is 54.6 Å². The summed E-state index contributed by atoms with van der Waals surface area (Å²) in [5.74, 6) is -4.32. The third-order valence-corrected chi connectivity index (χ3v) is 14.0. The standard InChI is InChI=1S/C46H79BN4O10/c1-8-9-10-11-12-13-14-19-34(53)20-17-21-35(54)25-32(18-15-16-22-48)44(59)51-42(31(4)52)38(56)23-29(2)43(58)50-36(28-41(49)57)37(55)24-30(3)47-60-40-27-33-26-39(45(33,5)6)46(40,7)61-47/h29-33,36,39-40,42,52H,8-28,48H2,1-7H3,(H2,49,57)(H,50,58)(H,51,59)/t29-,30-,31?,32-,33+,36+,39+,40?,42+,46+/m1/s1. The summed E-state index contributed by atoms with van der Waals surface area (Å²) in [6.45, 7) is 13.9. The Labute approximate surface area is 365 Å². The number of aliphatic hydroxyl groups is 1. The number of hydrogen-bond acceptors (Lipinski definition) is 11. The smallest absolute Gasteiger partial charge is 0.405 e. The lowest BCUT2D eigenvalue weighted by atomic mass is 9.43. The molecule has 15 heteroatoms. The molecule has 0 aromatic rings. The number of primary amides is 1. The molecule has 14 nitrogen and oxygen atoms in total. The van der Waals surface area contributed by atoms with Crippen molar-refractivity contribution in [2.75, 3.05) is 6.54 Å². The molecule has 7 N–H and O–H groups in total. The van der Waals surface area contributed by atoms with Crippen LogP contribution in [0.2, 0.25) is 5.82 Å². The van der Waals surface area contributed by atoms with Crippen molar-refractivity contribution in [2.24, 2.45) is 40.6 Å². The SMILES string of the molecule is CCCCCCCCCC(=O)CCCC(=O)C[C@@H](CCCCN)C(=O)N[C@H](C(=O)C[C@@H](C)C(=O)N[C@@H](CC(N)=O)C(=O)C[C@@H](C)B1OC2C[C@@H]3C[C@@H](C3(C)C)[C@]2(C)O1)C(C)O. The molecule has 1 saturated heterocycles. The minimum Gasteiger partial charge on any atom is -0.405 e. The average molecular weight is 859 g/mol. The van der Waals surface area contributed by atoms with E-state index in [1.54, 1.807) is 0 Å². The van der Waals surface area contributed by atoms with E-state index in [9.17, 15) is 38.7 Å². The molecule has 2 unspecified atom stereocenters. The van der Waals surface area contributed by atoms with Gasteiger partial charge in [0.1, 0.15) is 17.6 Å². The first-order chi connectivity index (χ1) is 28.7. The number of aliphatic hydroxyl groups excluding tert-OH is 1. The van der Waals surface area contributed by atoms with Crippen LogP contribution in [-0.2, 0) is 42.9 Å². The van der Waals surface area contributed by atoms with Crippen LogP contribution in [0.3, 0.4) is 0 Å². The molecule has 61 heavy (non-hydrogen) atoms. The zero-order chi connectivity index (χ0) is 45.5. The van der Waals surface area contributed by atoms with Gasteiger partial charge in [0, 0.05) is 50.4 Å². The van der Waals surface area contributed by atoms with E-state index in [2.05, 4.69) is 38.3 Å². The summed E-state index contributed by atoms with van der Waals surface area (Å²) in [5.41, 5.74) is 10.9. The van der Waals surface area contributed by atoms with Crippen LogP contribution in [0, 0.1) is 29.1 Å². The Morgan fingerprint density at radius 1 is 0.754 bits per heavy atom. The highest BCUT2D eigenvalue weighted by Gasteiger charge is 2.68. The third-order valence-electron chi connectivity index (χ3n) is 14.0. The largest absolute Gasteiger partial charge is 0.461 e. The Hall–Kier alpha value is -3.01. The predicted octanol–water partition coefficient (Wildman–Crippen LogP) is 5.47. The molecule has 0 radical (unpaired) electrons. The van der Waals surface area contributed by atoms with Gasteiger partial charge in [0.2, 0.25) is 17.7 Å². The molecule has 1 heterocycles. The van der Waals surface area contributed by atoms with Crippen molar-refractivity contribution in [1.82, 2.24) is 10.6 Å². The van der Waals surface area contributed by atoms with Crippen molar-refractivity contribution in [3.05, 3.63) is 0 Å². The Morgan fingerprint density at radius 3 is 2.02 bits per heavy atom. The van der Waals surface area contributed by atoms with Gasteiger partial charge in [-0.1, -0.05) is 79.6 Å². The average Bonchev–Trinajstić information content (AvgIpc) is 3.56. The number of Topliss-reactive ketones (excluding diaryl/α,β-unsaturated/α-hetero) is 4. The summed E-state index contributed by atoms with van der Waals surface area (Å²) < 4.78 is 12.9. The zero-order valence-corrected chi connectivity index (χ0v) is 38.4. The molecule has 1 aliphatic heterocycles. The van der Waals surface area contributed by atoms with E-state index >= 15 is 0 Å². The lowest BCUT2D eigenvalue weighted by Crippen LogP contribution is -2.65. The monoisotopic (exact) mass is 859 g/mol. The number of amides is 3. The second-order valence-corrected chi connectivity index (χ2v) is 19.5. The van der Waals surface area contributed by atoms with Crippen LogP contribution < -0.4 is 22.1 Å². The minimum atomic E-state index is -1.36. The van der Waals surface area contributed by atoms with Gasteiger partial charge in [-0.05, 0) is 82.0 Å². The van der Waals surface area contributed by atoms with Crippen LogP contribution in [0.4, 0.5) is 0 Å². The predicted molar refractivity (Wildman–Crippen MR) is 235 cm³/mol. The highest BCUT2D eigenvalue weighted by atomic mass is 16.7. The van der Waals surface area contributed by atoms with Crippen LogP contribution in [0.5, 0.6) is 0 Å². The first-order valence-electron chi connectivity index (χ1n) is 23.4. The number of rotatable bonds is 32. The van der Waals surface area contributed by atoms with Gasteiger partial charge in [-0.15, -0.1) is 0 Å². The fourth-order valence-corrected chi connectivity index (χ4v) is 9.85. The van der Waals surface area contributed by atoms with Crippen molar-refractivity contribution >= 4 is 48.0 Å². The van der Waals surface area contributed by atoms with Crippen LogP contribution in [0.15, 0.2) is 0 Å². The molecule has 3 saturated carbocycles. The van der Waals surface area contributed by atoms with Crippen molar-refractivity contribution < 1.29 is 48.0 Å². The molecule has 0 spiro atoms. The van der Waals surface area contributed by atoms with Crippen molar-refractivity contribution in [1.29, 1.82) is 0 Å². The topological polar surface area (TPSA) is 234 Å². The summed E-state index contributed by atoms with van der Waals surface area (Å²) in [6, 6.07) is -2.60. The van der Waals surface area contributed by atoms with E-state index < -0.39 is 78.5 Å². The fraction of sp³-hybridized carbons (Fsp3) is 0.848. The number of carbonyl (C=O) groups is 7. The van der Waals surface area contributed by atoms with Gasteiger partial charge < -0.3 is 36.5 Å². The molecule has 3 aliphatic carbocycles. The Bertz CT molecular complexity index is 1510. The quantitative estimate of drug-likeness (QED) is 0.0420. The van der Waals surface area contributed by atoms with E-state index in [1.165, 1.54) is 39.5 Å². The lowest BCUT2D eigenvalue weighted by Gasteiger charge is -2.64. The summed E-state index contributed by atoms with van der Waals surface area (Å²) >= 11 is 0. The van der Waals surface area contributed by atoms with Crippen LogP contribution in [0.1, 0.15) is 177 Å². The Morgan fingerprint density at radius 2 is 1.39 bits per heavy atom. The summed E-state index contributed by atoms with van der Waals surface area (Å²) in [7, 11) is -0.624. The third kappa shape index (κ3) is 15.3. The number of unbranched alkanes of at least 4 members (excludes halogenated alkanes) is 7. The minimum absolute atomic E-state index is 0.0427. The van der Waals surface area contributed by atoms with Gasteiger partial charge in [-0.3, -0.25) is 33.6 Å². The number of carbonyl (C=O) groups excluding carboxylic acids is 7. The van der Waals surface area contributed by atoms with Crippen molar-refractivity contribution in [2.45, 2.75) is 213 Å². The summed E-state index contributed by atoms with van der Waals surface area (Å²) in [4.78, 5) is 91.6. The number of nitrogens with one attached hydrogen (secondary N) is 2. The lowest BCUT2D eigenvalue weighted by molar-refractivity contribution is -0.199. The summed E-state index contributed by atoms with van der Waals surface area (Å²) in [6.07, 6.45) is 10.5. The number of ketones is 4. The van der Waals surface area contributed by atoms with Crippen LogP contribution in [0.25, 0.3) is 0 Å². The molecule has 4 rings (SSSR count). The van der Waals surface area contributed by atoms with Gasteiger partial charge in [0.25, 0.3) is 0 Å². The maximum absolute atomic E-state index is 13.6.